The number of H-pyrrole nitrogens is 1. The molecule has 1 unspecified atom stereocenters. The highest BCUT2D eigenvalue weighted by molar-refractivity contribution is 7.99. The summed E-state index contributed by atoms with van der Waals surface area (Å²) < 4.78 is 0. The van der Waals surface area contributed by atoms with Gasteiger partial charge in [0.2, 0.25) is 0 Å². The summed E-state index contributed by atoms with van der Waals surface area (Å²) >= 11 is 1.54. The Morgan fingerprint density at radius 2 is 2.31 bits per heavy atom. The van der Waals surface area contributed by atoms with E-state index in [9.17, 15) is 0 Å². The maximum atomic E-state index is 8.74. The summed E-state index contributed by atoms with van der Waals surface area (Å²) in [5.74, 6) is 0.714. The van der Waals surface area contributed by atoms with Crippen LogP contribution >= 0.6 is 11.8 Å². The second-order valence-corrected chi connectivity index (χ2v) is 4.37. The summed E-state index contributed by atoms with van der Waals surface area (Å²) in [6.07, 6.45) is 3.68. The van der Waals surface area contributed by atoms with Crippen molar-refractivity contribution in [2.24, 2.45) is 5.73 Å². The standard InChI is InChI=1S/C9H13N5OS/c10-6(1-2-15)3-16-9-7-8(12-4-11-7)13-5-14-9/h4-6,15H,1-3,10H2,(H,11,12,13,14). The highest BCUT2D eigenvalue weighted by Crippen LogP contribution is 2.22. The number of nitrogens with zero attached hydrogens (tertiary/aromatic N) is 3. The van der Waals surface area contributed by atoms with Gasteiger partial charge in [-0.25, -0.2) is 15.0 Å². The van der Waals surface area contributed by atoms with E-state index in [4.69, 9.17) is 10.8 Å². The summed E-state index contributed by atoms with van der Waals surface area (Å²) in [4.78, 5) is 15.2. The van der Waals surface area contributed by atoms with Gasteiger partial charge in [-0.15, -0.1) is 11.8 Å². The lowest BCUT2D eigenvalue weighted by atomic mass is 10.3. The Kier molecular flexibility index (Phi) is 3.70. The van der Waals surface area contributed by atoms with Crippen molar-refractivity contribution in [2.45, 2.75) is 17.5 Å². The van der Waals surface area contributed by atoms with Crippen LogP contribution in [0.4, 0.5) is 0 Å². The van der Waals surface area contributed by atoms with Gasteiger partial charge in [-0.1, -0.05) is 0 Å². The molecule has 4 N–H and O–H groups in total. The third-order valence-corrected chi connectivity index (χ3v) is 3.30. The van der Waals surface area contributed by atoms with E-state index in [2.05, 4.69) is 19.9 Å². The Morgan fingerprint density at radius 3 is 3.12 bits per heavy atom. The Labute approximate surface area is 96.7 Å². The average molecular weight is 239 g/mol. The largest absolute Gasteiger partial charge is 0.396 e. The average Bonchev–Trinajstić information content (AvgIpc) is 2.75. The number of aromatic amines is 1. The Morgan fingerprint density at radius 1 is 1.44 bits per heavy atom. The number of rotatable bonds is 5. The van der Waals surface area contributed by atoms with Crippen LogP contribution in [0.1, 0.15) is 6.42 Å². The van der Waals surface area contributed by atoms with Crippen LogP contribution in [-0.2, 0) is 0 Å². The maximum Gasteiger partial charge on any atom is 0.181 e. The second kappa shape index (κ2) is 5.24. The lowest BCUT2D eigenvalue weighted by Crippen LogP contribution is -2.24. The zero-order valence-electron chi connectivity index (χ0n) is 8.63. The minimum atomic E-state index is -0.0251. The van der Waals surface area contributed by atoms with Gasteiger partial charge in [-0.2, -0.15) is 0 Å². The van der Waals surface area contributed by atoms with Crippen molar-refractivity contribution in [2.75, 3.05) is 12.4 Å². The van der Waals surface area contributed by atoms with Crippen molar-refractivity contribution in [3.8, 4) is 0 Å². The molecule has 0 spiro atoms. The highest BCUT2D eigenvalue weighted by Gasteiger charge is 2.08. The second-order valence-electron chi connectivity index (χ2n) is 3.36. The SMILES string of the molecule is NC(CCO)CSc1ncnc2nc[nH]c12. The highest BCUT2D eigenvalue weighted by atomic mass is 32.2. The van der Waals surface area contributed by atoms with Gasteiger partial charge in [0.05, 0.1) is 6.33 Å². The molecule has 0 saturated carbocycles. The van der Waals surface area contributed by atoms with Crippen LogP contribution in [-0.4, -0.2) is 43.4 Å². The number of hydrogen-bond acceptors (Lipinski definition) is 6. The van der Waals surface area contributed by atoms with Gasteiger partial charge in [0.1, 0.15) is 16.9 Å². The number of aliphatic hydroxyl groups is 1. The Hall–Kier alpha value is -1.18. The van der Waals surface area contributed by atoms with E-state index in [1.54, 1.807) is 18.1 Å². The fraction of sp³-hybridized carbons (Fsp3) is 0.444. The third-order valence-electron chi connectivity index (χ3n) is 2.12. The van der Waals surface area contributed by atoms with Gasteiger partial charge in [0.25, 0.3) is 0 Å². The van der Waals surface area contributed by atoms with Crippen molar-refractivity contribution in [1.29, 1.82) is 0 Å². The molecule has 86 valence electrons. The van der Waals surface area contributed by atoms with Crippen molar-refractivity contribution in [3.05, 3.63) is 12.7 Å². The minimum Gasteiger partial charge on any atom is -0.396 e. The fourth-order valence-corrected chi connectivity index (χ4v) is 2.24. The number of imidazole rings is 1. The predicted octanol–water partition coefficient (Wildman–Crippen LogP) is 0.155. The molecule has 0 aliphatic heterocycles. The zero-order chi connectivity index (χ0) is 11.4. The van der Waals surface area contributed by atoms with Crippen LogP contribution in [0.3, 0.4) is 0 Å². The quantitative estimate of drug-likeness (QED) is 0.507. The summed E-state index contributed by atoms with van der Waals surface area (Å²) in [5, 5.41) is 9.58. The topological polar surface area (TPSA) is 101 Å². The normalized spacial score (nSPS) is 13.1. The molecule has 0 fully saturated rings. The summed E-state index contributed by atoms with van der Waals surface area (Å²) in [6, 6.07) is -0.0251. The number of fused-ring (bicyclic) bond motifs is 1. The first-order valence-electron chi connectivity index (χ1n) is 4.94. The fourth-order valence-electron chi connectivity index (χ4n) is 1.29. The van der Waals surface area contributed by atoms with Gasteiger partial charge >= 0.3 is 0 Å². The van der Waals surface area contributed by atoms with E-state index < -0.39 is 0 Å². The Balaban J connectivity index is 2.06. The summed E-state index contributed by atoms with van der Waals surface area (Å²) in [5.41, 5.74) is 7.30. The molecule has 0 aliphatic carbocycles. The first kappa shape index (κ1) is 11.3. The monoisotopic (exact) mass is 239 g/mol. The van der Waals surface area contributed by atoms with Crippen LogP contribution in [0, 0.1) is 0 Å². The molecule has 0 aliphatic rings. The number of nitrogens with one attached hydrogen (secondary N) is 1. The van der Waals surface area contributed by atoms with Crippen LogP contribution in [0.2, 0.25) is 0 Å². The van der Waals surface area contributed by atoms with Crippen molar-refractivity contribution in [3.63, 3.8) is 0 Å². The molecule has 0 bridgehead atoms. The molecule has 0 amide bonds. The molecule has 7 heteroatoms. The molecule has 0 radical (unpaired) electrons. The molecule has 2 aromatic heterocycles. The third kappa shape index (κ3) is 2.49. The summed E-state index contributed by atoms with van der Waals surface area (Å²) in [7, 11) is 0. The predicted molar refractivity (Wildman–Crippen MR) is 62.1 cm³/mol. The molecule has 16 heavy (non-hydrogen) atoms. The van der Waals surface area contributed by atoms with E-state index in [1.807, 2.05) is 0 Å². The number of hydrogen-bond donors (Lipinski definition) is 3. The van der Waals surface area contributed by atoms with Crippen molar-refractivity contribution >= 4 is 22.9 Å². The van der Waals surface area contributed by atoms with E-state index in [0.717, 1.165) is 10.5 Å². The van der Waals surface area contributed by atoms with E-state index >= 15 is 0 Å². The van der Waals surface area contributed by atoms with E-state index in [-0.39, 0.29) is 12.6 Å². The van der Waals surface area contributed by atoms with Crippen LogP contribution < -0.4 is 5.73 Å². The molecular weight excluding hydrogens is 226 g/mol. The van der Waals surface area contributed by atoms with Gasteiger partial charge in [0.15, 0.2) is 5.65 Å². The number of nitrogens with two attached hydrogens (primary N) is 1. The number of aliphatic hydroxyl groups excluding tert-OH is 1. The molecular formula is C9H13N5OS. The molecule has 2 aromatic rings. The zero-order valence-corrected chi connectivity index (χ0v) is 9.44. The first-order valence-corrected chi connectivity index (χ1v) is 5.93. The molecule has 6 nitrogen and oxygen atoms in total. The minimum absolute atomic E-state index is 0.0251. The van der Waals surface area contributed by atoms with E-state index in [1.165, 1.54) is 6.33 Å². The molecule has 1 atom stereocenters. The van der Waals surface area contributed by atoms with Gasteiger partial charge in [0, 0.05) is 18.4 Å². The number of thioether (sulfide) groups is 1. The maximum absolute atomic E-state index is 8.74. The number of aromatic nitrogens is 4. The van der Waals surface area contributed by atoms with E-state index in [0.29, 0.717) is 17.8 Å². The smallest absolute Gasteiger partial charge is 0.181 e. The van der Waals surface area contributed by atoms with Gasteiger partial charge in [-0.05, 0) is 6.42 Å². The van der Waals surface area contributed by atoms with Gasteiger partial charge < -0.3 is 15.8 Å². The van der Waals surface area contributed by atoms with Crippen LogP contribution in [0.15, 0.2) is 17.7 Å². The molecule has 0 saturated heterocycles. The lowest BCUT2D eigenvalue weighted by Gasteiger charge is -2.08. The lowest BCUT2D eigenvalue weighted by molar-refractivity contribution is 0.279. The van der Waals surface area contributed by atoms with Crippen LogP contribution in [0.25, 0.3) is 11.2 Å². The molecule has 2 heterocycles. The van der Waals surface area contributed by atoms with Crippen molar-refractivity contribution < 1.29 is 5.11 Å². The molecule has 0 aromatic carbocycles. The Bertz CT molecular complexity index is 460. The molecule has 2 rings (SSSR count). The van der Waals surface area contributed by atoms with Crippen LogP contribution in [0.5, 0.6) is 0 Å². The van der Waals surface area contributed by atoms with Crippen molar-refractivity contribution in [1.82, 2.24) is 19.9 Å². The first-order chi connectivity index (χ1) is 7.81. The van der Waals surface area contributed by atoms with Gasteiger partial charge in [-0.3, -0.25) is 0 Å². The summed E-state index contributed by atoms with van der Waals surface area (Å²) in [6.45, 7) is 0.116.